The summed E-state index contributed by atoms with van der Waals surface area (Å²) >= 11 is 0. The summed E-state index contributed by atoms with van der Waals surface area (Å²) < 4.78 is 2.45. The Bertz CT molecular complexity index is 3640. The Morgan fingerprint density at radius 1 is 0.408 bits per heavy atom. The van der Waals surface area contributed by atoms with Gasteiger partial charge in [-0.25, -0.2) is 9.98 Å². The second-order valence-corrected chi connectivity index (χ2v) is 19.0. The van der Waals surface area contributed by atoms with E-state index in [2.05, 4.69) is 238 Å². The Kier molecular flexibility index (Phi) is 12.0. The fraction of sp³-hybridized carbons (Fsp3) is 0.0597. The van der Waals surface area contributed by atoms with E-state index in [4.69, 9.17) is 9.98 Å². The van der Waals surface area contributed by atoms with Crippen molar-refractivity contribution in [1.82, 2.24) is 4.57 Å². The zero-order valence-corrected chi connectivity index (χ0v) is 40.1. The van der Waals surface area contributed by atoms with Crippen molar-refractivity contribution in [3.63, 3.8) is 0 Å². The number of amidine groups is 2. The van der Waals surface area contributed by atoms with Gasteiger partial charge in [-0.05, 0) is 97.4 Å². The van der Waals surface area contributed by atoms with Gasteiger partial charge in [-0.3, -0.25) is 5.41 Å². The molecule has 0 amide bonds. The van der Waals surface area contributed by atoms with Gasteiger partial charge in [0.25, 0.3) is 0 Å². The number of nitrogens with zero attached hydrogens (tertiary/aromatic N) is 3. The molecular weight excluding hydrogens is 861 g/mol. The van der Waals surface area contributed by atoms with Crippen LogP contribution in [0.1, 0.15) is 43.0 Å². The monoisotopic (exact) mass is 912 g/mol. The van der Waals surface area contributed by atoms with Gasteiger partial charge in [0.1, 0.15) is 0 Å². The van der Waals surface area contributed by atoms with E-state index in [0.29, 0.717) is 11.4 Å². The van der Waals surface area contributed by atoms with Crippen molar-refractivity contribution in [2.24, 2.45) is 9.98 Å². The van der Waals surface area contributed by atoms with Crippen LogP contribution in [0.3, 0.4) is 0 Å². The predicted molar refractivity (Wildman–Crippen MR) is 301 cm³/mol. The molecule has 11 aromatic rings. The van der Waals surface area contributed by atoms with Crippen LogP contribution < -0.4 is 0 Å². The molecule has 1 heterocycles. The molecule has 0 spiro atoms. The summed E-state index contributed by atoms with van der Waals surface area (Å²) in [4.78, 5) is 10.1. The van der Waals surface area contributed by atoms with Gasteiger partial charge in [-0.15, -0.1) is 0 Å². The third kappa shape index (κ3) is 9.19. The van der Waals surface area contributed by atoms with Crippen molar-refractivity contribution in [2.75, 3.05) is 0 Å². The minimum absolute atomic E-state index is 0.0344. The van der Waals surface area contributed by atoms with Gasteiger partial charge in [-0.2, -0.15) is 0 Å². The molecule has 71 heavy (non-hydrogen) atoms. The SMILES string of the molecule is CC(C)(C)c1ccc(-c2cc(C(=N)/N=C(\N=C\c3ccc(-c4ccccc4)cc3)c3ccccc3)cc(-c3ccccc3)c2-n2c3ccc(-c4ccccc4)cc3c3cc(-c4ccccc4)ccc32)cc1. The molecule has 0 bridgehead atoms. The number of hydrogen-bond acceptors (Lipinski definition) is 1. The van der Waals surface area contributed by atoms with Crippen LogP contribution in [0.15, 0.2) is 259 Å². The Morgan fingerprint density at radius 2 is 0.803 bits per heavy atom. The first-order valence-electron chi connectivity index (χ1n) is 24.2. The number of aromatic nitrogens is 1. The third-order valence-corrected chi connectivity index (χ3v) is 13.3. The van der Waals surface area contributed by atoms with Crippen LogP contribution in [0.4, 0.5) is 0 Å². The van der Waals surface area contributed by atoms with E-state index in [0.717, 1.165) is 83.1 Å². The molecule has 0 aliphatic carbocycles. The van der Waals surface area contributed by atoms with Crippen molar-refractivity contribution < 1.29 is 0 Å². The van der Waals surface area contributed by atoms with Crippen LogP contribution in [0.5, 0.6) is 0 Å². The highest BCUT2D eigenvalue weighted by Gasteiger charge is 2.24. The molecule has 0 aliphatic rings. The summed E-state index contributed by atoms with van der Waals surface area (Å²) in [5.74, 6) is 0.564. The first kappa shape index (κ1) is 44.5. The highest BCUT2D eigenvalue weighted by molar-refractivity contribution is 6.16. The van der Waals surface area contributed by atoms with Crippen molar-refractivity contribution in [3.05, 3.63) is 271 Å². The van der Waals surface area contributed by atoms with Gasteiger partial charge >= 0.3 is 0 Å². The number of fused-ring (bicyclic) bond motifs is 3. The molecule has 0 radical (unpaired) electrons. The smallest absolute Gasteiger partial charge is 0.161 e. The first-order valence-corrected chi connectivity index (χ1v) is 24.2. The van der Waals surface area contributed by atoms with E-state index in [1.807, 2.05) is 42.6 Å². The molecule has 1 aromatic heterocycles. The molecule has 4 nitrogen and oxygen atoms in total. The number of aliphatic imine (C=N–C) groups is 2. The van der Waals surface area contributed by atoms with Crippen molar-refractivity contribution in [3.8, 4) is 61.3 Å². The molecular formula is C67H52N4. The van der Waals surface area contributed by atoms with E-state index in [1.165, 1.54) is 16.7 Å². The lowest BCUT2D eigenvalue weighted by molar-refractivity contribution is 0.590. The lowest BCUT2D eigenvalue weighted by atomic mass is 9.85. The second-order valence-electron chi connectivity index (χ2n) is 19.0. The van der Waals surface area contributed by atoms with Crippen LogP contribution >= 0.6 is 0 Å². The van der Waals surface area contributed by atoms with Crippen molar-refractivity contribution in [2.45, 2.75) is 26.2 Å². The van der Waals surface area contributed by atoms with E-state index in [1.54, 1.807) is 0 Å². The highest BCUT2D eigenvalue weighted by Crippen LogP contribution is 2.44. The van der Waals surface area contributed by atoms with E-state index >= 15 is 0 Å². The zero-order valence-electron chi connectivity index (χ0n) is 40.1. The second kappa shape index (κ2) is 19.2. The Balaban J connectivity index is 1.14. The van der Waals surface area contributed by atoms with E-state index in [-0.39, 0.29) is 11.3 Å². The average molecular weight is 913 g/mol. The molecule has 340 valence electrons. The summed E-state index contributed by atoms with van der Waals surface area (Å²) in [5.41, 5.74) is 17.9. The number of nitrogens with one attached hydrogen (secondary N) is 1. The lowest BCUT2D eigenvalue weighted by Crippen LogP contribution is -2.10. The van der Waals surface area contributed by atoms with E-state index < -0.39 is 0 Å². The summed E-state index contributed by atoms with van der Waals surface area (Å²) in [5, 5.41) is 12.2. The quantitative estimate of drug-likeness (QED) is 0.111. The Morgan fingerprint density at radius 3 is 1.28 bits per heavy atom. The van der Waals surface area contributed by atoms with Gasteiger partial charge < -0.3 is 4.57 Å². The average Bonchev–Trinajstić information content (AvgIpc) is 3.75. The van der Waals surface area contributed by atoms with E-state index in [9.17, 15) is 5.41 Å². The highest BCUT2D eigenvalue weighted by atomic mass is 15.0. The van der Waals surface area contributed by atoms with Crippen LogP contribution in [-0.2, 0) is 5.41 Å². The standard InChI is InChI=1S/C67H52N4/c1-67(2,3)57-37-33-52(34-38-57)59-44-56(65(68)70-66(53-27-17-8-18-28-53)69-45-46-29-31-50(32-30-46)47-19-9-4-10-20-47)43-58(51-25-15-7-16-26-51)64(59)71-62-39-35-54(48-21-11-5-12-22-48)41-60(62)61-42-55(36-40-63(61)71)49-23-13-6-14-24-49/h4-45,68H,1-3H3/b68-65?,69-45+,70-66-. The third-order valence-electron chi connectivity index (χ3n) is 13.3. The Hall–Kier alpha value is -8.99. The van der Waals surface area contributed by atoms with Gasteiger partial charge in [0.15, 0.2) is 11.7 Å². The molecule has 4 heteroatoms. The van der Waals surface area contributed by atoms with Gasteiger partial charge in [0.2, 0.25) is 0 Å². The first-order chi connectivity index (χ1) is 34.7. The maximum absolute atomic E-state index is 9.90. The van der Waals surface area contributed by atoms with Crippen molar-refractivity contribution in [1.29, 1.82) is 5.41 Å². The van der Waals surface area contributed by atoms with Gasteiger partial charge in [0, 0.05) is 39.2 Å². The molecule has 0 fully saturated rings. The maximum atomic E-state index is 9.90. The minimum Gasteiger partial charge on any atom is -0.308 e. The fourth-order valence-electron chi connectivity index (χ4n) is 9.56. The predicted octanol–water partition coefficient (Wildman–Crippen LogP) is 17.3. The largest absolute Gasteiger partial charge is 0.308 e. The fourth-order valence-corrected chi connectivity index (χ4v) is 9.56. The number of hydrogen-bond donors (Lipinski definition) is 1. The van der Waals surface area contributed by atoms with Crippen LogP contribution in [0.2, 0.25) is 0 Å². The van der Waals surface area contributed by atoms with Crippen molar-refractivity contribution >= 4 is 39.7 Å². The molecule has 11 rings (SSSR count). The number of rotatable bonds is 9. The minimum atomic E-state index is -0.0344. The molecule has 0 saturated carbocycles. The molecule has 0 unspecified atom stereocenters. The van der Waals surface area contributed by atoms with Crippen LogP contribution in [0.25, 0.3) is 83.1 Å². The summed E-state index contributed by atoms with van der Waals surface area (Å²) in [6, 6.07) is 87.5. The topological polar surface area (TPSA) is 53.5 Å². The summed E-state index contributed by atoms with van der Waals surface area (Å²) in [7, 11) is 0. The molecule has 0 aliphatic heterocycles. The Labute approximate surface area is 416 Å². The van der Waals surface area contributed by atoms with Gasteiger partial charge in [0.05, 0.1) is 16.7 Å². The molecule has 0 saturated heterocycles. The molecule has 10 aromatic carbocycles. The van der Waals surface area contributed by atoms with Gasteiger partial charge in [-0.1, -0.05) is 233 Å². The summed E-state index contributed by atoms with van der Waals surface area (Å²) in [6.45, 7) is 6.75. The van der Waals surface area contributed by atoms with Crippen LogP contribution in [0, 0.1) is 5.41 Å². The normalized spacial score (nSPS) is 12.0. The molecule has 1 N–H and O–H groups in total. The summed E-state index contributed by atoms with van der Waals surface area (Å²) in [6.07, 6.45) is 1.84. The lowest BCUT2D eigenvalue weighted by Gasteiger charge is -2.22. The van der Waals surface area contributed by atoms with Crippen LogP contribution in [-0.4, -0.2) is 22.5 Å². The molecule has 0 atom stereocenters. The number of benzene rings is 10. The zero-order chi connectivity index (χ0) is 48.3. The maximum Gasteiger partial charge on any atom is 0.161 e.